The van der Waals surface area contributed by atoms with Crippen LogP contribution in [-0.2, 0) is 17.9 Å². The van der Waals surface area contributed by atoms with Gasteiger partial charge in [0.2, 0.25) is 0 Å². The molecule has 4 nitrogen and oxygen atoms in total. The summed E-state index contributed by atoms with van der Waals surface area (Å²) in [5.41, 5.74) is 4.24. The van der Waals surface area contributed by atoms with Crippen molar-refractivity contribution in [2.45, 2.75) is 27.0 Å². The summed E-state index contributed by atoms with van der Waals surface area (Å²) in [5.74, 6) is -0.143. The van der Waals surface area contributed by atoms with E-state index in [0.717, 1.165) is 22.0 Å². The Kier molecular flexibility index (Phi) is 5.86. The standard InChI is InChI=1S/C21H21ClN2O2/c1-3-26-13-16-6-4-15(5-7-16)12-23-21(25)19-11-17-10-18(22)8-9-20(17)24-14(19)2/h4-11H,3,12-13H2,1-2H3,(H,23,25). The summed E-state index contributed by atoms with van der Waals surface area (Å²) in [6.45, 7) is 5.57. The van der Waals surface area contributed by atoms with Gasteiger partial charge in [0.25, 0.3) is 5.91 Å². The first kappa shape index (κ1) is 18.4. The molecule has 1 aromatic heterocycles. The molecule has 0 bridgehead atoms. The van der Waals surface area contributed by atoms with Gasteiger partial charge in [0.1, 0.15) is 0 Å². The van der Waals surface area contributed by atoms with E-state index in [1.54, 1.807) is 6.07 Å². The first-order valence-electron chi connectivity index (χ1n) is 8.57. The molecule has 0 saturated heterocycles. The lowest BCUT2D eigenvalue weighted by molar-refractivity contribution is 0.0950. The molecule has 26 heavy (non-hydrogen) atoms. The molecule has 0 spiro atoms. The van der Waals surface area contributed by atoms with Crippen molar-refractivity contribution in [1.82, 2.24) is 10.3 Å². The van der Waals surface area contributed by atoms with Gasteiger partial charge in [-0.1, -0.05) is 35.9 Å². The third kappa shape index (κ3) is 4.40. The molecule has 0 aliphatic heterocycles. The molecule has 3 rings (SSSR count). The summed E-state index contributed by atoms with van der Waals surface area (Å²) in [7, 11) is 0. The summed E-state index contributed by atoms with van der Waals surface area (Å²) >= 11 is 6.04. The number of pyridine rings is 1. The molecule has 0 unspecified atom stereocenters. The number of ether oxygens (including phenoxy) is 1. The largest absolute Gasteiger partial charge is 0.377 e. The van der Waals surface area contributed by atoms with Crippen molar-refractivity contribution >= 4 is 28.4 Å². The molecule has 134 valence electrons. The van der Waals surface area contributed by atoms with Crippen LogP contribution in [0.2, 0.25) is 5.02 Å². The minimum atomic E-state index is -0.143. The van der Waals surface area contributed by atoms with Crippen LogP contribution in [0.1, 0.15) is 34.1 Å². The number of hydrogen-bond acceptors (Lipinski definition) is 3. The fourth-order valence-corrected chi connectivity index (χ4v) is 2.90. The first-order valence-corrected chi connectivity index (χ1v) is 8.95. The number of amides is 1. The molecule has 2 aromatic carbocycles. The summed E-state index contributed by atoms with van der Waals surface area (Å²) < 4.78 is 5.39. The molecule has 0 fully saturated rings. The molecule has 3 aromatic rings. The highest BCUT2D eigenvalue weighted by atomic mass is 35.5. The van der Waals surface area contributed by atoms with Gasteiger partial charge in [-0.2, -0.15) is 0 Å². The number of fused-ring (bicyclic) bond motifs is 1. The number of aryl methyl sites for hydroxylation is 1. The van der Waals surface area contributed by atoms with Gasteiger partial charge in [0.05, 0.1) is 23.4 Å². The molecule has 1 heterocycles. The number of rotatable bonds is 6. The number of nitrogens with zero attached hydrogens (tertiary/aromatic N) is 1. The van der Waals surface area contributed by atoms with Gasteiger partial charge >= 0.3 is 0 Å². The quantitative estimate of drug-likeness (QED) is 0.688. The summed E-state index contributed by atoms with van der Waals surface area (Å²) in [4.78, 5) is 17.1. The van der Waals surface area contributed by atoms with E-state index >= 15 is 0 Å². The average Bonchev–Trinajstić information content (AvgIpc) is 2.65. The lowest BCUT2D eigenvalue weighted by Crippen LogP contribution is -2.24. The van der Waals surface area contributed by atoms with E-state index in [1.807, 2.05) is 56.3 Å². The number of hydrogen-bond donors (Lipinski definition) is 1. The molecule has 0 radical (unpaired) electrons. The van der Waals surface area contributed by atoms with Crippen LogP contribution in [0.3, 0.4) is 0 Å². The summed E-state index contributed by atoms with van der Waals surface area (Å²) in [5, 5.41) is 4.44. The van der Waals surface area contributed by atoms with Gasteiger partial charge in [0, 0.05) is 23.6 Å². The van der Waals surface area contributed by atoms with E-state index in [1.165, 1.54) is 0 Å². The molecule has 0 aliphatic carbocycles. The van der Waals surface area contributed by atoms with Crippen LogP contribution in [-0.4, -0.2) is 17.5 Å². The van der Waals surface area contributed by atoms with Crippen molar-refractivity contribution in [3.8, 4) is 0 Å². The summed E-state index contributed by atoms with van der Waals surface area (Å²) in [6, 6.07) is 15.3. The van der Waals surface area contributed by atoms with E-state index in [9.17, 15) is 4.79 Å². The predicted molar refractivity (Wildman–Crippen MR) is 104 cm³/mol. The maximum absolute atomic E-state index is 12.6. The van der Waals surface area contributed by atoms with Crippen LogP contribution in [0.5, 0.6) is 0 Å². The fourth-order valence-electron chi connectivity index (χ4n) is 2.72. The van der Waals surface area contributed by atoms with E-state index < -0.39 is 0 Å². The smallest absolute Gasteiger partial charge is 0.253 e. The third-order valence-electron chi connectivity index (χ3n) is 4.16. The van der Waals surface area contributed by atoms with Crippen molar-refractivity contribution in [3.63, 3.8) is 0 Å². The van der Waals surface area contributed by atoms with Crippen LogP contribution >= 0.6 is 11.6 Å². The Morgan fingerprint density at radius 1 is 1.12 bits per heavy atom. The van der Waals surface area contributed by atoms with E-state index in [-0.39, 0.29) is 5.91 Å². The van der Waals surface area contributed by atoms with Crippen LogP contribution in [0.4, 0.5) is 0 Å². The Hall–Kier alpha value is -2.43. The highest BCUT2D eigenvalue weighted by Gasteiger charge is 2.12. The minimum Gasteiger partial charge on any atom is -0.377 e. The lowest BCUT2D eigenvalue weighted by atomic mass is 10.1. The normalized spacial score (nSPS) is 10.9. The molecule has 0 atom stereocenters. The number of benzene rings is 2. The Labute approximate surface area is 158 Å². The highest BCUT2D eigenvalue weighted by Crippen LogP contribution is 2.20. The number of nitrogens with one attached hydrogen (secondary N) is 1. The predicted octanol–water partition coefficient (Wildman–Crippen LogP) is 4.66. The Bertz CT molecular complexity index is 923. The van der Waals surface area contributed by atoms with Gasteiger partial charge < -0.3 is 10.1 Å². The van der Waals surface area contributed by atoms with Gasteiger partial charge in [-0.15, -0.1) is 0 Å². The van der Waals surface area contributed by atoms with Crippen LogP contribution in [0.25, 0.3) is 10.9 Å². The molecule has 5 heteroatoms. The number of aromatic nitrogens is 1. The second kappa shape index (κ2) is 8.30. The van der Waals surface area contributed by atoms with E-state index in [2.05, 4.69) is 10.3 Å². The molecule has 0 aliphatic rings. The number of carbonyl (C=O) groups is 1. The fraction of sp³-hybridized carbons (Fsp3) is 0.238. The van der Waals surface area contributed by atoms with Gasteiger partial charge in [0.15, 0.2) is 0 Å². The third-order valence-corrected chi connectivity index (χ3v) is 4.40. The monoisotopic (exact) mass is 368 g/mol. The van der Waals surface area contributed by atoms with E-state index in [4.69, 9.17) is 16.3 Å². The Morgan fingerprint density at radius 3 is 2.58 bits per heavy atom. The molecule has 1 N–H and O–H groups in total. The zero-order valence-corrected chi connectivity index (χ0v) is 15.6. The van der Waals surface area contributed by atoms with Crippen LogP contribution in [0.15, 0.2) is 48.5 Å². The second-order valence-corrected chi connectivity index (χ2v) is 6.53. The average molecular weight is 369 g/mol. The van der Waals surface area contributed by atoms with Crippen molar-refractivity contribution in [1.29, 1.82) is 0 Å². The number of halogens is 1. The van der Waals surface area contributed by atoms with Gasteiger partial charge in [-0.25, -0.2) is 0 Å². The van der Waals surface area contributed by atoms with Crippen LogP contribution in [0, 0.1) is 6.92 Å². The zero-order chi connectivity index (χ0) is 18.5. The molecule has 0 saturated carbocycles. The Balaban J connectivity index is 1.69. The molecular weight excluding hydrogens is 348 g/mol. The molecular formula is C21H21ClN2O2. The minimum absolute atomic E-state index is 0.143. The first-order chi connectivity index (χ1) is 12.6. The van der Waals surface area contributed by atoms with Gasteiger partial charge in [-0.3, -0.25) is 9.78 Å². The van der Waals surface area contributed by atoms with E-state index in [0.29, 0.717) is 36.0 Å². The maximum atomic E-state index is 12.6. The lowest BCUT2D eigenvalue weighted by Gasteiger charge is -2.10. The second-order valence-electron chi connectivity index (χ2n) is 6.09. The Morgan fingerprint density at radius 2 is 1.85 bits per heavy atom. The number of carbonyl (C=O) groups excluding carboxylic acids is 1. The van der Waals surface area contributed by atoms with Crippen molar-refractivity contribution in [2.75, 3.05) is 6.61 Å². The molecule has 1 amide bonds. The van der Waals surface area contributed by atoms with Gasteiger partial charge in [-0.05, 0) is 49.2 Å². The van der Waals surface area contributed by atoms with Crippen LogP contribution < -0.4 is 5.32 Å². The SMILES string of the molecule is CCOCc1ccc(CNC(=O)c2cc3cc(Cl)ccc3nc2C)cc1. The van der Waals surface area contributed by atoms with Crippen molar-refractivity contribution < 1.29 is 9.53 Å². The highest BCUT2D eigenvalue weighted by molar-refractivity contribution is 6.31. The summed E-state index contributed by atoms with van der Waals surface area (Å²) in [6.07, 6.45) is 0. The van der Waals surface area contributed by atoms with Crippen molar-refractivity contribution in [2.24, 2.45) is 0 Å². The van der Waals surface area contributed by atoms with Crippen molar-refractivity contribution in [3.05, 3.63) is 75.9 Å². The maximum Gasteiger partial charge on any atom is 0.253 e. The zero-order valence-electron chi connectivity index (χ0n) is 14.9. The topological polar surface area (TPSA) is 51.2 Å².